The van der Waals surface area contributed by atoms with Crippen molar-refractivity contribution in [1.29, 1.82) is 0 Å². The first-order valence-electron chi connectivity index (χ1n) is 7.42. The molecule has 0 unspecified atom stereocenters. The van der Waals surface area contributed by atoms with Gasteiger partial charge in [0.25, 0.3) is 10.4 Å². The highest BCUT2D eigenvalue weighted by Crippen LogP contribution is 2.11. The Morgan fingerprint density at radius 2 is 1.36 bits per heavy atom. The third-order valence-corrected chi connectivity index (χ3v) is 3.26. The van der Waals surface area contributed by atoms with Crippen LogP contribution in [0.5, 0.6) is 0 Å². The summed E-state index contributed by atoms with van der Waals surface area (Å²) in [6, 6.07) is 19.9. The van der Waals surface area contributed by atoms with Crippen LogP contribution < -0.4 is 5.73 Å². The highest BCUT2D eigenvalue weighted by molar-refractivity contribution is 7.96. The molecule has 0 bridgehead atoms. The van der Waals surface area contributed by atoms with Gasteiger partial charge in [-0.2, -0.15) is 0 Å². The molecule has 0 radical (unpaired) electrons. The van der Waals surface area contributed by atoms with Gasteiger partial charge in [-0.05, 0) is 23.3 Å². The summed E-state index contributed by atoms with van der Waals surface area (Å²) in [6.45, 7) is 2.55. The maximum Gasteiger partial charge on any atom is 0.309 e. The van der Waals surface area contributed by atoms with E-state index in [9.17, 15) is 4.79 Å². The molecule has 0 saturated carbocycles. The van der Waals surface area contributed by atoms with Gasteiger partial charge < -0.3 is 15.4 Å². The number of ether oxygens (including phenoxy) is 1. The molecule has 0 aliphatic carbocycles. The normalized spacial score (nSPS) is 9.36. The average molecular weight is 377 g/mol. The summed E-state index contributed by atoms with van der Waals surface area (Å²) in [4.78, 5) is 22.1. The number of primary amides is 1. The zero-order valence-electron chi connectivity index (χ0n) is 13.8. The number of esters is 1. The molecule has 0 aromatic heterocycles. The zero-order valence-corrected chi connectivity index (χ0v) is 15.5. The van der Waals surface area contributed by atoms with Crippen LogP contribution in [0.2, 0.25) is 0 Å². The maximum absolute atomic E-state index is 11.1. The van der Waals surface area contributed by atoms with E-state index in [1.165, 1.54) is 6.92 Å². The minimum atomic E-state index is -0.639. The van der Waals surface area contributed by atoms with Crippen LogP contribution in [0, 0.1) is 0 Å². The van der Waals surface area contributed by atoms with Crippen molar-refractivity contribution in [2.45, 2.75) is 20.0 Å². The topological polar surface area (TPSA) is 72.6 Å². The van der Waals surface area contributed by atoms with Crippen LogP contribution in [-0.4, -0.2) is 21.3 Å². The van der Waals surface area contributed by atoms with Crippen LogP contribution in [0.4, 0.5) is 4.79 Å². The lowest BCUT2D eigenvalue weighted by Crippen LogP contribution is -2.31. The Balaban J connectivity index is 0.000000705. The first kappa shape index (κ1) is 20.7. The fourth-order valence-electron chi connectivity index (χ4n) is 1.98. The van der Waals surface area contributed by atoms with E-state index in [0.717, 1.165) is 11.1 Å². The molecule has 0 spiro atoms. The predicted octanol–water partition coefficient (Wildman–Crippen LogP) is 3.53. The molecule has 7 heteroatoms. The number of amides is 1. The van der Waals surface area contributed by atoms with Gasteiger partial charge in [-0.1, -0.05) is 73.3 Å². The van der Waals surface area contributed by atoms with Crippen molar-refractivity contribution in [3.8, 4) is 0 Å². The molecule has 2 N–H and O–H groups in total. The maximum atomic E-state index is 11.1. The molecule has 0 fully saturated rings. The van der Waals surface area contributed by atoms with Crippen molar-refractivity contribution in [2.75, 3.05) is 0 Å². The number of carbonyl (C=O) groups is 2. The summed E-state index contributed by atoms with van der Waals surface area (Å²) in [7, 11) is 0. The Hall–Kier alpha value is -2.38. The van der Waals surface area contributed by atoms with Gasteiger partial charge in [0.2, 0.25) is 0 Å². The highest BCUT2D eigenvalue weighted by atomic mass is 32.1. The fourth-order valence-corrected chi connectivity index (χ4v) is 2.23. The minimum absolute atomic E-state index is 0.204. The third kappa shape index (κ3) is 9.49. The SMILES string of the molecule is CC(=O)OC(=S)N(Cc1ccccc1)Cc1ccccc1.NC(=O)S. The number of nitrogens with two attached hydrogens (primary N) is 1. The molecule has 0 aliphatic rings. The van der Waals surface area contributed by atoms with Crippen LogP contribution >= 0.6 is 24.8 Å². The van der Waals surface area contributed by atoms with E-state index in [1.54, 1.807) is 0 Å². The van der Waals surface area contributed by atoms with Crippen LogP contribution in [-0.2, 0) is 22.6 Å². The van der Waals surface area contributed by atoms with Gasteiger partial charge in [0.1, 0.15) is 0 Å². The lowest BCUT2D eigenvalue weighted by molar-refractivity contribution is -0.133. The van der Waals surface area contributed by atoms with Crippen LogP contribution in [0.25, 0.3) is 0 Å². The van der Waals surface area contributed by atoms with Crippen molar-refractivity contribution in [3.63, 3.8) is 0 Å². The number of thiocarbonyl (C=S) groups is 1. The van der Waals surface area contributed by atoms with E-state index >= 15 is 0 Å². The second-order valence-electron chi connectivity index (χ2n) is 5.03. The number of nitrogens with zero attached hydrogens (tertiary/aromatic N) is 1. The number of hydrogen-bond donors (Lipinski definition) is 2. The smallest absolute Gasteiger partial charge is 0.309 e. The van der Waals surface area contributed by atoms with Crippen LogP contribution in [0.1, 0.15) is 18.1 Å². The number of benzene rings is 2. The van der Waals surface area contributed by atoms with Crippen molar-refractivity contribution < 1.29 is 14.3 Å². The predicted molar refractivity (Wildman–Crippen MR) is 105 cm³/mol. The summed E-state index contributed by atoms with van der Waals surface area (Å²) < 4.78 is 5.08. The van der Waals surface area contributed by atoms with Gasteiger partial charge in [0.15, 0.2) is 0 Å². The zero-order chi connectivity index (χ0) is 18.7. The van der Waals surface area contributed by atoms with Crippen molar-refractivity contribution in [2.24, 2.45) is 5.73 Å². The van der Waals surface area contributed by atoms with E-state index in [2.05, 4.69) is 18.4 Å². The molecular weight excluding hydrogens is 356 g/mol. The Morgan fingerprint density at radius 3 is 1.68 bits per heavy atom. The number of rotatable bonds is 4. The molecule has 25 heavy (non-hydrogen) atoms. The second-order valence-corrected chi connectivity index (χ2v) is 5.82. The Labute approximate surface area is 158 Å². The molecule has 132 valence electrons. The molecule has 0 heterocycles. The van der Waals surface area contributed by atoms with Crippen LogP contribution in [0.15, 0.2) is 60.7 Å². The summed E-state index contributed by atoms with van der Waals surface area (Å²) in [5.41, 5.74) is 6.56. The van der Waals surface area contributed by atoms with Gasteiger partial charge in [-0.15, -0.1) is 0 Å². The van der Waals surface area contributed by atoms with Crippen molar-refractivity contribution in [3.05, 3.63) is 71.8 Å². The Bertz CT molecular complexity index is 648. The number of hydrogen-bond acceptors (Lipinski definition) is 4. The van der Waals surface area contributed by atoms with Gasteiger partial charge in [0.05, 0.1) is 0 Å². The lowest BCUT2D eigenvalue weighted by atomic mass is 10.2. The first-order chi connectivity index (χ1) is 11.9. The first-order valence-corrected chi connectivity index (χ1v) is 8.27. The lowest BCUT2D eigenvalue weighted by Gasteiger charge is -2.24. The quantitative estimate of drug-likeness (QED) is 0.485. The van der Waals surface area contributed by atoms with Gasteiger partial charge in [0, 0.05) is 20.0 Å². The molecule has 1 amide bonds. The summed E-state index contributed by atoms with van der Waals surface area (Å²) in [6.07, 6.45) is 0. The molecule has 2 aromatic rings. The van der Waals surface area contributed by atoms with Gasteiger partial charge in [-0.3, -0.25) is 9.59 Å². The molecule has 5 nitrogen and oxygen atoms in total. The van der Waals surface area contributed by atoms with Crippen molar-refractivity contribution >= 4 is 41.2 Å². The second kappa shape index (κ2) is 11.2. The van der Waals surface area contributed by atoms with Gasteiger partial charge in [-0.25, -0.2) is 0 Å². The average Bonchev–Trinajstić information content (AvgIpc) is 2.55. The monoisotopic (exact) mass is 376 g/mol. The molecule has 0 aliphatic heterocycles. The van der Waals surface area contributed by atoms with E-state index in [0.29, 0.717) is 13.1 Å². The van der Waals surface area contributed by atoms with Gasteiger partial charge >= 0.3 is 5.97 Å². The van der Waals surface area contributed by atoms with E-state index in [-0.39, 0.29) is 5.17 Å². The van der Waals surface area contributed by atoms with Crippen molar-refractivity contribution in [1.82, 2.24) is 4.90 Å². The van der Waals surface area contributed by atoms with E-state index < -0.39 is 11.2 Å². The molecule has 0 saturated heterocycles. The highest BCUT2D eigenvalue weighted by Gasteiger charge is 2.14. The molecule has 2 rings (SSSR count). The number of thiol groups is 1. The molecule has 2 aromatic carbocycles. The molecule has 0 atom stereocenters. The largest absolute Gasteiger partial charge is 0.399 e. The Morgan fingerprint density at radius 1 is 1.00 bits per heavy atom. The Kier molecular flexibility index (Phi) is 9.28. The number of carbonyl (C=O) groups excluding carboxylic acids is 2. The summed E-state index contributed by atoms with van der Waals surface area (Å²) >= 11 is 8.34. The summed E-state index contributed by atoms with van der Waals surface area (Å²) in [5.74, 6) is -0.397. The standard InChI is InChI=1S/C17H17NO2S.CH3NOS/c1-14(19)20-17(21)18(12-15-8-4-2-5-9-15)13-16-10-6-3-7-11-16;2-1(3)4/h2-11H,12-13H2,1H3;(H3,2,3,4). The van der Waals surface area contributed by atoms with E-state index in [4.69, 9.17) is 21.7 Å². The van der Waals surface area contributed by atoms with Crippen LogP contribution in [0.3, 0.4) is 0 Å². The third-order valence-electron chi connectivity index (χ3n) is 2.92. The minimum Gasteiger partial charge on any atom is -0.399 e. The fraction of sp³-hybridized carbons (Fsp3) is 0.167. The van der Waals surface area contributed by atoms with E-state index in [1.807, 2.05) is 65.6 Å². The molecular formula is C18H20N2O3S2. The summed E-state index contributed by atoms with van der Waals surface area (Å²) in [5, 5.41) is -0.435.